The van der Waals surface area contributed by atoms with Gasteiger partial charge in [0, 0.05) is 36.1 Å². The Balaban J connectivity index is 2.10. The van der Waals surface area contributed by atoms with Crippen molar-refractivity contribution in [3.05, 3.63) is 41.6 Å². The fourth-order valence-electron chi connectivity index (χ4n) is 3.02. The van der Waals surface area contributed by atoms with E-state index in [0.29, 0.717) is 0 Å². The van der Waals surface area contributed by atoms with E-state index in [0.717, 1.165) is 6.54 Å². The third-order valence-corrected chi connectivity index (χ3v) is 3.91. The highest BCUT2D eigenvalue weighted by molar-refractivity contribution is 5.72. The molecule has 94 valence electrons. The minimum absolute atomic E-state index is 0.258. The number of aryl methyl sites for hydroxylation is 1. The number of fused-ring (bicyclic) bond motifs is 1. The van der Waals surface area contributed by atoms with Crippen molar-refractivity contribution < 1.29 is 0 Å². The summed E-state index contributed by atoms with van der Waals surface area (Å²) >= 11 is 0. The monoisotopic (exact) mass is 240 g/mol. The molecule has 0 spiro atoms. The van der Waals surface area contributed by atoms with E-state index in [-0.39, 0.29) is 5.41 Å². The summed E-state index contributed by atoms with van der Waals surface area (Å²) < 4.78 is 0. The van der Waals surface area contributed by atoms with Gasteiger partial charge in [-0.3, -0.25) is 0 Å². The Bertz CT molecular complexity index is 593. The van der Waals surface area contributed by atoms with E-state index in [1.807, 2.05) is 0 Å². The van der Waals surface area contributed by atoms with Gasteiger partial charge in [0.25, 0.3) is 0 Å². The van der Waals surface area contributed by atoms with E-state index in [1.165, 1.54) is 28.2 Å². The molecule has 0 saturated heterocycles. The molecule has 18 heavy (non-hydrogen) atoms. The van der Waals surface area contributed by atoms with Crippen LogP contribution in [-0.4, -0.2) is 18.6 Å². The Morgan fingerprint density at radius 1 is 1.17 bits per heavy atom. The molecule has 0 fully saturated rings. The van der Waals surface area contributed by atoms with Gasteiger partial charge in [0.05, 0.1) is 0 Å². The first-order chi connectivity index (χ1) is 8.47. The molecule has 2 heteroatoms. The van der Waals surface area contributed by atoms with Gasteiger partial charge in [-0.2, -0.15) is 0 Å². The quantitative estimate of drug-likeness (QED) is 0.805. The lowest BCUT2D eigenvalue weighted by Gasteiger charge is -2.18. The molecule has 0 saturated carbocycles. The van der Waals surface area contributed by atoms with Gasteiger partial charge in [0.2, 0.25) is 0 Å². The van der Waals surface area contributed by atoms with E-state index >= 15 is 0 Å². The van der Waals surface area contributed by atoms with Crippen LogP contribution in [0.5, 0.6) is 0 Å². The minimum Gasteiger partial charge on any atom is -0.373 e. The molecule has 2 aromatic rings. The van der Waals surface area contributed by atoms with Gasteiger partial charge >= 0.3 is 0 Å². The first kappa shape index (κ1) is 11.4. The molecular weight excluding hydrogens is 220 g/mol. The highest BCUT2D eigenvalue weighted by Gasteiger charge is 2.33. The van der Waals surface area contributed by atoms with Crippen molar-refractivity contribution in [1.29, 1.82) is 0 Å². The number of rotatable bonds is 1. The normalized spacial score (nSPS) is 17.0. The number of aromatic amines is 1. The van der Waals surface area contributed by atoms with Crippen LogP contribution in [0.15, 0.2) is 30.3 Å². The predicted octanol–water partition coefficient (Wildman–Crippen LogP) is 3.72. The maximum absolute atomic E-state index is 3.40. The van der Waals surface area contributed by atoms with Crippen LogP contribution in [0, 0.1) is 6.92 Å². The van der Waals surface area contributed by atoms with Gasteiger partial charge in [-0.05, 0) is 36.2 Å². The molecule has 2 nitrogen and oxygen atoms in total. The Kier molecular flexibility index (Phi) is 2.31. The molecule has 0 unspecified atom stereocenters. The van der Waals surface area contributed by atoms with Crippen molar-refractivity contribution in [2.24, 2.45) is 0 Å². The lowest BCUT2D eigenvalue weighted by atomic mass is 9.86. The lowest BCUT2D eigenvalue weighted by molar-refractivity contribution is 0.563. The molecule has 2 heterocycles. The third kappa shape index (κ3) is 1.64. The van der Waals surface area contributed by atoms with Crippen molar-refractivity contribution in [1.82, 2.24) is 4.98 Å². The van der Waals surface area contributed by atoms with Gasteiger partial charge in [-0.15, -0.1) is 0 Å². The molecule has 1 N–H and O–H groups in total. The highest BCUT2D eigenvalue weighted by atomic mass is 15.1. The van der Waals surface area contributed by atoms with E-state index in [4.69, 9.17) is 0 Å². The zero-order valence-electron chi connectivity index (χ0n) is 11.5. The van der Waals surface area contributed by atoms with E-state index in [1.54, 1.807) is 0 Å². The van der Waals surface area contributed by atoms with Gasteiger partial charge in [-0.25, -0.2) is 0 Å². The summed E-state index contributed by atoms with van der Waals surface area (Å²) in [4.78, 5) is 5.76. The summed E-state index contributed by atoms with van der Waals surface area (Å²) in [5, 5.41) is 0. The number of aromatic nitrogens is 1. The zero-order chi connectivity index (χ0) is 12.9. The largest absolute Gasteiger partial charge is 0.373 e. The average Bonchev–Trinajstić information content (AvgIpc) is 2.82. The van der Waals surface area contributed by atoms with E-state index < -0.39 is 0 Å². The lowest BCUT2D eigenvalue weighted by Crippen LogP contribution is -2.24. The zero-order valence-corrected chi connectivity index (χ0v) is 11.5. The van der Waals surface area contributed by atoms with Gasteiger partial charge in [0.1, 0.15) is 0 Å². The summed E-state index contributed by atoms with van der Waals surface area (Å²) in [6.45, 7) is 7.81. The van der Waals surface area contributed by atoms with Crippen molar-refractivity contribution >= 4 is 5.69 Å². The van der Waals surface area contributed by atoms with Crippen LogP contribution in [-0.2, 0) is 5.41 Å². The van der Waals surface area contributed by atoms with Crippen molar-refractivity contribution in [2.45, 2.75) is 26.2 Å². The fourth-order valence-corrected chi connectivity index (χ4v) is 3.02. The minimum atomic E-state index is 0.258. The van der Waals surface area contributed by atoms with Gasteiger partial charge in [-0.1, -0.05) is 26.0 Å². The van der Waals surface area contributed by atoms with Crippen LogP contribution >= 0.6 is 0 Å². The Morgan fingerprint density at radius 3 is 2.61 bits per heavy atom. The molecule has 0 aliphatic carbocycles. The first-order valence-corrected chi connectivity index (χ1v) is 6.49. The smallest absolute Gasteiger partial charge is 0.0456 e. The van der Waals surface area contributed by atoms with Crippen LogP contribution < -0.4 is 4.90 Å². The van der Waals surface area contributed by atoms with Crippen molar-refractivity contribution in [3.8, 4) is 11.3 Å². The van der Waals surface area contributed by atoms with Crippen LogP contribution in [0.3, 0.4) is 0 Å². The molecular formula is C16H20N2. The van der Waals surface area contributed by atoms with Crippen molar-refractivity contribution in [3.63, 3.8) is 0 Å². The topological polar surface area (TPSA) is 19.0 Å². The SMILES string of the molecule is Cc1ccc(-c2ccc3c(c2)N(C)CC3(C)C)[nH]1. The molecule has 0 amide bonds. The molecule has 1 aliphatic rings. The number of H-pyrrole nitrogens is 1. The number of nitrogens with zero attached hydrogens (tertiary/aromatic N) is 1. The highest BCUT2D eigenvalue weighted by Crippen LogP contribution is 2.41. The van der Waals surface area contributed by atoms with E-state index in [9.17, 15) is 0 Å². The Hall–Kier alpha value is -1.70. The number of benzene rings is 1. The predicted molar refractivity (Wildman–Crippen MR) is 77.3 cm³/mol. The molecule has 1 aromatic heterocycles. The number of hydrogen-bond donors (Lipinski definition) is 1. The summed E-state index contributed by atoms with van der Waals surface area (Å²) in [5.74, 6) is 0. The molecule has 3 rings (SSSR count). The summed E-state index contributed by atoms with van der Waals surface area (Å²) in [7, 11) is 2.18. The molecule has 1 aromatic carbocycles. The average molecular weight is 240 g/mol. The van der Waals surface area contributed by atoms with Gasteiger partial charge < -0.3 is 9.88 Å². The summed E-state index contributed by atoms with van der Waals surface area (Å²) in [6, 6.07) is 11.1. The summed E-state index contributed by atoms with van der Waals surface area (Å²) in [6.07, 6.45) is 0. The van der Waals surface area contributed by atoms with Crippen LogP contribution in [0.2, 0.25) is 0 Å². The molecule has 1 aliphatic heterocycles. The Labute approximate surface area is 109 Å². The maximum atomic E-state index is 3.40. The number of anilines is 1. The molecule has 0 radical (unpaired) electrons. The number of likely N-dealkylation sites (N-methyl/N-ethyl adjacent to an activating group) is 1. The van der Waals surface area contributed by atoms with Gasteiger partial charge in [0.15, 0.2) is 0 Å². The second-order valence-electron chi connectivity index (χ2n) is 6.03. The number of hydrogen-bond acceptors (Lipinski definition) is 1. The first-order valence-electron chi connectivity index (χ1n) is 6.49. The van der Waals surface area contributed by atoms with Crippen LogP contribution in [0.1, 0.15) is 25.1 Å². The summed E-state index contributed by atoms with van der Waals surface area (Å²) in [5.41, 5.74) is 6.76. The molecule has 0 atom stereocenters. The van der Waals surface area contributed by atoms with Crippen LogP contribution in [0.4, 0.5) is 5.69 Å². The van der Waals surface area contributed by atoms with Crippen molar-refractivity contribution in [2.75, 3.05) is 18.5 Å². The third-order valence-electron chi connectivity index (χ3n) is 3.91. The fraction of sp³-hybridized carbons (Fsp3) is 0.375. The van der Waals surface area contributed by atoms with E-state index in [2.05, 4.69) is 68.0 Å². The van der Waals surface area contributed by atoms with Crippen LogP contribution in [0.25, 0.3) is 11.3 Å². The second-order valence-corrected chi connectivity index (χ2v) is 6.03. The maximum Gasteiger partial charge on any atom is 0.0456 e. The number of nitrogens with one attached hydrogen (secondary N) is 1. The standard InChI is InChI=1S/C16H20N2/c1-11-5-8-14(17-11)12-6-7-13-15(9-12)18(4)10-16(13,2)3/h5-9,17H,10H2,1-4H3. The molecule has 0 bridgehead atoms. The Morgan fingerprint density at radius 2 is 1.94 bits per heavy atom. The second kappa shape index (κ2) is 3.64.